The SMILES string of the molecule is Nc1nn(C(=O)Cc2ccc3cc[nH]c3c2)c2ccccc12. The van der Waals surface area contributed by atoms with E-state index < -0.39 is 0 Å². The van der Waals surface area contributed by atoms with E-state index in [9.17, 15) is 4.79 Å². The molecule has 0 atom stereocenters. The van der Waals surface area contributed by atoms with E-state index in [1.54, 1.807) is 0 Å². The van der Waals surface area contributed by atoms with Gasteiger partial charge in [-0.2, -0.15) is 4.68 Å². The van der Waals surface area contributed by atoms with Gasteiger partial charge in [-0.05, 0) is 35.2 Å². The molecule has 0 amide bonds. The largest absolute Gasteiger partial charge is 0.382 e. The zero-order chi connectivity index (χ0) is 15.1. The van der Waals surface area contributed by atoms with Crippen LogP contribution in [0.3, 0.4) is 0 Å². The molecule has 0 aliphatic carbocycles. The van der Waals surface area contributed by atoms with Gasteiger partial charge in [0.15, 0.2) is 5.82 Å². The van der Waals surface area contributed by atoms with Gasteiger partial charge in [0, 0.05) is 17.1 Å². The molecule has 0 aliphatic rings. The summed E-state index contributed by atoms with van der Waals surface area (Å²) in [5.41, 5.74) is 8.59. The third-order valence-corrected chi connectivity index (χ3v) is 3.83. The number of benzene rings is 2. The van der Waals surface area contributed by atoms with Crippen LogP contribution in [0.25, 0.3) is 21.8 Å². The predicted octanol–water partition coefficient (Wildman–Crippen LogP) is 2.98. The number of aromatic nitrogens is 3. The zero-order valence-electron chi connectivity index (χ0n) is 11.8. The Morgan fingerprint density at radius 1 is 1.18 bits per heavy atom. The van der Waals surface area contributed by atoms with Crippen LogP contribution in [0.4, 0.5) is 5.82 Å². The molecule has 0 saturated carbocycles. The van der Waals surface area contributed by atoms with Crippen LogP contribution >= 0.6 is 0 Å². The lowest BCUT2D eigenvalue weighted by Gasteiger charge is -2.03. The molecule has 0 bridgehead atoms. The average Bonchev–Trinajstić information content (AvgIpc) is 3.12. The number of nitrogens with zero attached hydrogens (tertiary/aromatic N) is 2. The van der Waals surface area contributed by atoms with Gasteiger partial charge in [-0.15, -0.1) is 5.10 Å². The summed E-state index contributed by atoms with van der Waals surface area (Å²) in [5.74, 6) is 0.280. The molecule has 4 aromatic rings. The van der Waals surface area contributed by atoms with Gasteiger partial charge in [0.1, 0.15) is 0 Å². The second kappa shape index (κ2) is 4.73. The molecular formula is C17H14N4O. The van der Waals surface area contributed by atoms with E-state index in [2.05, 4.69) is 10.1 Å². The van der Waals surface area contributed by atoms with Crippen molar-refractivity contribution >= 4 is 33.5 Å². The highest BCUT2D eigenvalue weighted by atomic mass is 16.2. The summed E-state index contributed by atoms with van der Waals surface area (Å²) in [6, 6.07) is 15.4. The number of rotatable bonds is 2. The Morgan fingerprint density at radius 2 is 2.05 bits per heavy atom. The quantitative estimate of drug-likeness (QED) is 0.596. The second-order valence-corrected chi connectivity index (χ2v) is 5.28. The van der Waals surface area contributed by atoms with Gasteiger partial charge in [0.25, 0.3) is 5.91 Å². The predicted molar refractivity (Wildman–Crippen MR) is 86.8 cm³/mol. The first-order chi connectivity index (χ1) is 10.7. The number of hydrogen-bond donors (Lipinski definition) is 2. The Morgan fingerprint density at radius 3 is 2.95 bits per heavy atom. The fourth-order valence-corrected chi connectivity index (χ4v) is 2.73. The summed E-state index contributed by atoms with van der Waals surface area (Å²) in [6.45, 7) is 0. The topological polar surface area (TPSA) is 76.7 Å². The first kappa shape index (κ1) is 12.6. The number of H-pyrrole nitrogens is 1. The first-order valence-corrected chi connectivity index (χ1v) is 7.05. The third kappa shape index (κ3) is 1.95. The van der Waals surface area contributed by atoms with Crippen LogP contribution < -0.4 is 5.73 Å². The van der Waals surface area contributed by atoms with E-state index in [-0.39, 0.29) is 12.3 Å². The summed E-state index contributed by atoms with van der Waals surface area (Å²) in [6.07, 6.45) is 2.16. The molecule has 2 heterocycles. The lowest BCUT2D eigenvalue weighted by molar-refractivity contribution is 0.0904. The minimum atomic E-state index is -0.0983. The number of carbonyl (C=O) groups excluding carboxylic acids is 1. The summed E-state index contributed by atoms with van der Waals surface area (Å²) in [7, 11) is 0. The van der Waals surface area contributed by atoms with Gasteiger partial charge in [0.05, 0.1) is 11.9 Å². The van der Waals surface area contributed by atoms with E-state index in [1.165, 1.54) is 4.68 Å². The lowest BCUT2D eigenvalue weighted by Crippen LogP contribution is -2.15. The van der Waals surface area contributed by atoms with Crippen molar-refractivity contribution in [3.05, 3.63) is 60.3 Å². The normalized spacial score (nSPS) is 11.3. The number of carbonyl (C=O) groups is 1. The van der Waals surface area contributed by atoms with Crippen LogP contribution in [0.5, 0.6) is 0 Å². The molecule has 0 radical (unpaired) electrons. The van der Waals surface area contributed by atoms with Crippen LogP contribution in [0, 0.1) is 0 Å². The monoisotopic (exact) mass is 290 g/mol. The van der Waals surface area contributed by atoms with E-state index >= 15 is 0 Å². The minimum Gasteiger partial charge on any atom is -0.382 e. The number of nitrogens with two attached hydrogens (primary N) is 1. The van der Waals surface area contributed by atoms with Crippen molar-refractivity contribution in [1.82, 2.24) is 14.8 Å². The van der Waals surface area contributed by atoms with E-state index in [0.29, 0.717) is 5.82 Å². The molecule has 22 heavy (non-hydrogen) atoms. The first-order valence-electron chi connectivity index (χ1n) is 7.05. The van der Waals surface area contributed by atoms with Crippen LogP contribution in [0.15, 0.2) is 54.7 Å². The van der Waals surface area contributed by atoms with Gasteiger partial charge in [-0.1, -0.05) is 24.3 Å². The number of aromatic amines is 1. The smallest absolute Gasteiger partial charge is 0.251 e. The molecule has 0 saturated heterocycles. The van der Waals surface area contributed by atoms with Gasteiger partial charge in [-0.25, -0.2) is 0 Å². The number of hydrogen-bond acceptors (Lipinski definition) is 3. The molecule has 0 spiro atoms. The Kier molecular flexibility index (Phi) is 2.72. The number of para-hydroxylation sites is 1. The highest BCUT2D eigenvalue weighted by molar-refractivity contribution is 5.97. The molecule has 4 rings (SSSR count). The van der Waals surface area contributed by atoms with Crippen molar-refractivity contribution in [3.8, 4) is 0 Å². The third-order valence-electron chi connectivity index (χ3n) is 3.83. The van der Waals surface area contributed by atoms with Crippen LogP contribution in [0.1, 0.15) is 10.4 Å². The maximum atomic E-state index is 12.6. The standard InChI is InChI=1S/C17H14N4O/c18-17-13-3-1-2-4-15(13)21(20-17)16(22)10-11-5-6-12-7-8-19-14(12)9-11/h1-9,19H,10H2,(H2,18,20). The van der Waals surface area contributed by atoms with Crippen molar-refractivity contribution < 1.29 is 4.79 Å². The average molecular weight is 290 g/mol. The van der Waals surface area contributed by atoms with Gasteiger partial charge in [-0.3, -0.25) is 4.79 Å². The molecule has 3 N–H and O–H groups in total. The fourth-order valence-electron chi connectivity index (χ4n) is 2.73. The zero-order valence-corrected chi connectivity index (χ0v) is 11.8. The van der Waals surface area contributed by atoms with E-state index in [0.717, 1.165) is 27.4 Å². The van der Waals surface area contributed by atoms with E-state index in [1.807, 2.05) is 54.7 Å². The van der Waals surface area contributed by atoms with Crippen LogP contribution in [-0.4, -0.2) is 20.7 Å². The maximum absolute atomic E-state index is 12.6. The molecule has 108 valence electrons. The van der Waals surface area contributed by atoms with Gasteiger partial charge < -0.3 is 10.7 Å². The van der Waals surface area contributed by atoms with Crippen molar-refractivity contribution in [1.29, 1.82) is 0 Å². The van der Waals surface area contributed by atoms with Gasteiger partial charge in [0.2, 0.25) is 0 Å². The number of anilines is 1. The summed E-state index contributed by atoms with van der Waals surface area (Å²) >= 11 is 0. The Labute approximate surface area is 126 Å². The molecule has 0 fully saturated rings. The molecule has 0 unspecified atom stereocenters. The molecule has 2 aromatic heterocycles. The summed E-state index contributed by atoms with van der Waals surface area (Å²) in [4.78, 5) is 15.7. The number of nitrogen functional groups attached to an aromatic ring is 1. The van der Waals surface area contributed by atoms with Crippen molar-refractivity contribution in [3.63, 3.8) is 0 Å². The lowest BCUT2D eigenvalue weighted by atomic mass is 10.1. The van der Waals surface area contributed by atoms with Crippen LogP contribution in [-0.2, 0) is 6.42 Å². The van der Waals surface area contributed by atoms with E-state index in [4.69, 9.17) is 5.73 Å². The molecule has 5 nitrogen and oxygen atoms in total. The van der Waals surface area contributed by atoms with Crippen molar-refractivity contribution in [2.45, 2.75) is 6.42 Å². The number of fused-ring (bicyclic) bond motifs is 2. The second-order valence-electron chi connectivity index (χ2n) is 5.28. The highest BCUT2D eigenvalue weighted by Gasteiger charge is 2.14. The Bertz CT molecular complexity index is 996. The minimum absolute atomic E-state index is 0.0983. The van der Waals surface area contributed by atoms with Crippen molar-refractivity contribution in [2.75, 3.05) is 5.73 Å². The number of nitrogens with one attached hydrogen (secondary N) is 1. The highest BCUT2D eigenvalue weighted by Crippen LogP contribution is 2.21. The fraction of sp³-hybridized carbons (Fsp3) is 0.0588. The maximum Gasteiger partial charge on any atom is 0.251 e. The molecule has 2 aromatic carbocycles. The molecule has 5 heteroatoms. The van der Waals surface area contributed by atoms with Crippen LogP contribution in [0.2, 0.25) is 0 Å². The molecular weight excluding hydrogens is 276 g/mol. The van der Waals surface area contributed by atoms with Gasteiger partial charge >= 0.3 is 0 Å². The molecule has 0 aliphatic heterocycles. The summed E-state index contributed by atoms with van der Waals surface area (Å²) in [5, 5.41) is 6.11. The summed E-state index contributed by atoms with van der Waals surface area (Å²) < 4.78 is 1.39. The Hall–Kier alpha value is -3.08. The Balaban J connectivity index is 1.71. The van der Waals surface area contributed by atoms with Crippen molar-refractivity contribution in [2.24, 2.45) is 0 Å².